The minimum absolute atomic E-state index is 0.0901. The second-order valence-corrected chi connectivity index (χ2v) is 6.40. The molecule has 24 heavy (non-hydrogen) atoms. The van der Waals surface area contributed by atoms with E-state index in [0.29, 0.717) is 17.2 Å². The highest BCUT2D eigenvalue weighted by atomic mass is 32.1. The summed E-state index contributed by atoms with van der Waals surface area (Å²) in [5.41, 5.74) is 1.71. The van der Waals surface area contributed by atoms with E-state index in [1.807, 2.05) is 19.1 Å². The Labute approximate surface area is 143 Å². The number of pyridine rings is 1. The van der Waals surface area contributed by atoms with Crippen LogP contribution in [0.15, 0.2) is 31.0 Å². The maximum absolute atomic E-state index is 12.3. The third-order valence-corrected chi connectivity index (χ3v) is 4.64. The molecule has 124 valence electrons. The maximum atomic E-state index is 12.3. The van der Waals surface area contributed by atoms with Crippen LogP contribution in [0.5, 0.6) is 0 Å². The molecule has 7 nitrogen and oxygen atoms in total. The molecule has 0 spiro atoms. The van der Waals surface area contributed by atoms with Gasteiger partial charge in [-0.1, -0.05) is 13.0 Å². The molecule has 0 aliphatic rings. The third kappa shape index (κ3) is 3.65. The monoisotopic (exact) mass is 342 g/mol. The highest BCUT2D eigenvalue weighted by molar-refractivity contribution is 7.13. The first-order valence-electron chi connectivity index (χ1n) is 7.71. The maximum Gasteiger partial charge on any atom is 0.263 e. The second-order valence-electron chi connectivity index (χ2n) is 5.32. The van der Waals surface area contributed by atoms with Crippen LogP contribution in [0, 0.1) is 6.92 Å². The molecule has 1 amide bonds. The van der Waals surface area contributed by atoms with Crippen molar-refractivity contribution < 1.29 is 4.79 Å². The quantitative estimate of drug-likeness (QED) is 0.743. The van der Waals surface area contributed by atoms with Gasteiger partial charge in [-0.2, -0.15) is 5.10 Å². The van der Waals surface area contributed by atoms with Gasteiger partial charge in [0.15, 0.2) is 5.82 Å². The predicted octanol–water partition coefficient (Wildman–Crippen LogP) is 2.31. The molecule has 0 unspecified atom stereocenters. The van der Waals surface area contributed by atoms with E-state index in [9.17, 15) is 4.79 Å². The molecule has 0 aliphatic heterocycles. The molecule has 0 fully saturated rings. The Morgan fingerprint density at radius 1 is 1.38 bits per heavy atom. The fourth-order valence-electron chi connectivity index (χ4n) is 2.23. The topological polar surface area (TPSA) is 85.6 Å². The van der Waals surface area contributed by atoms with Gasteiger partial charge >= 0.3 is 0 Å². The zero-order valence-electron chi connectivity index (χ0n) is 13.6. The molecule has 1 N–H and O–H groups in total. The number of rotatable bonds is 6. The van der Waals surface area contributed by atoms with Crippen LogP contribution >= 0.6 is 11.3 Å². The van der Waals surface area contributed by atoms with Gasteiger partial charge in [-0.3, -0.25) is 4.79 Å². The smallest absolute Gasteiger partial charge is 0.263 e. The zero-order chi connectivity index (χ0) is 16.9. The molecule has 0 aliphatic carbocycles. The van der Waals surface area contributed by atoms with Crippen molar-refractivity contribution >= 4 is 17.2 Å². The van der Waals surface area contributed by atoms with Gasteiger partial charge in [0.2, 0.25) is 0 Å². The van der Waals surface area contributed by atoms with Gasteiger partial charge in [0, 0.05) is 12.7 Å². The summed E-state index contributed by atoms with van der Waals surface area (Å²) in [6.07, 6.45) is 6.70. The van der Waals surface area contributed by atoms with Gasteiger partial charge in [0.05, 0.1) is 10.7 Å². The van der Waals surface area contributed by atoms with Crippen molar-refractivity contribution in [2.24, 2.45) is 0 Å². The van der Waals surface area contributed by atoms with E-state index in [0.717, 1.165) is 29.1 Å². The molecule has 0 saturated carbocycles. The van der Waals surface area contributed by atoms with Gasteiger partial charge in [-0.25, -0.2) is 19.6 Å². The number of carbonyl (C=O) groups excluding carboxylic acids is 1. The van der Waals surface area contributed by atoms with Crippen molar-refractivity contribution in [3.63, 3.8) is 0 Å². The van der Waals surface area contributed by atoms with Gasteiger partial charge in [-0.05, 0) is 31.4 Å². The lowest BCUT2D eigenvalue weighted by Crippen LogP contribution is -2.22. The molecule has 0 bridgehead atoms. The number of hydrogen-bond acceptors (Lipinski definition) is 6. The molecule has 0 aromatic carbocycles. The lowest BCUT2D eigenvalue weighted by atomic mass is 10.2. The van der Waals surface area contributed by atoms with E-state index in [-0.39, 0.29) is 5.91 Å². The molecular formula is C16H18N6OS. The fraction of sp³-hybridized carbons (Fsp3) is 0.312. The Morgan fingerprint density at radius 3 is 2.92 bits per heavy atom. The Hall–Kier alpha value is -2.61. The van der Waals surface area contributed by atoms with Crippen molar-refractivity contribution in [2.75, 3.05) is 0 Å². The van der Waals surface area contributed by atoms with Crippen LogP contribution in [0.25, 0.3) is 5.82 Å². The number of amides is 1. The molecule has 0 radical (unpaired) electrons. The molecule has 0 atom stereocenters. The van der Waals surface area contributed by atoms with Crippen LogP contribution in [0.3, 0.4) is 0 Å². The Kier molecular flexibility index (Phi) is 4.95. The molecule has 3 aromatic heterocycles. The lowest BCUT2D eigenvalue weighted by Gasteiger charge is -2.05. The molecular weight excluding hydrogens is 324 g/mol. The minimum atomic E-state index is -0.0901. The molecule has 3 rings (SSSR count). The molecule has 3 aromatic rings. The van der Waals surface area contributed by atoms with E-state index < -0.39 is 0 Å². The van der Waals surface area contributed by atoms with Crippen molar-refractivity contribution in [1.82, 2.24) is 30.0 Å². The van der Waals surface area contributed by atoms with Crippen molar-refractivity contribution in [3.8, 4) is 5.82 Å². The highest BCUT2D eigenvalue weighted by Crippen LogP contribution is 2.19. The summed E-state index contributed by atoms with van der Waals surface area (Å²) < 4.78 is 1.58. The van der Waals surface area contributed by atoms with Gasteiger partial charge < -0.3 is 5.32 Å². The number of carbonyl (C=O) groups is 1. The van der Waals surface area contributed by atoms with Crippen molar-refractivity contribution in [2.45, 2.75) is 33.2 Å². The first kappa shape index (κ1) is 16.3. The number of nitrogens with one attached hydrogen (secondary N) is 1. The first-order chi connectivity index (χ1) is 11.7. The average molecular weight is 342 g/mol. The van der Waals surface area contributed by atoms with Gasteiger partial charge in [-0.15, -0.1) is 11.3 Å². The fourth-order valence-corrected chi connectivity index (χ4v) is 3.31. The summed E-state index contributed by atoms with van der Waals surface area (Å²) in [4.78, 5) is 25.7. The largest absolute Gasteiger partial charge is 0.347 e. The number of thiazole rings is 1. The van der Waals surface area contributed by atoms with Gasteiger partial charge in [0.25, 0.3) is 5.91 Å². The van der Waals surface area contributed by atoms with E-state index in [1.54, 1.807) is 17.2 Å². The highest BCUT2D eigenvalue weighted by Gasteiger charge is 2.14. The summed E-state index contributed by atoms with van der Waals surface area (Å²) in [6, 6.07) is 3.75. The van der Waals surface area contributed by atoms with E-state index in [2.05, 4.69) is 32.3 Å². The minimum Gasteiger partial charge on any atom is -0.347 e. The Balaban J connectivity index is 1.62. The number of aryl methyl sites for hydroxylation is 2. The second kappa shape index (κ2) is 7.31. The third-order valence-electron chi connectivity index (χ3n) is 3.43. The molecule has 8 heteroatoms. The standard InChI is InChI=1S/C16H18N6OS/c1-3-4-14-21-11(2)15(24-14)16(23)19-8-12-5-6-13(18-7-12)22-10-17-9-20-22/h5-7,9-10H,3-4,8H2,1-2H3,(H,19,23). The number of hydrogen-bond donors (Lipinski definition) is 1. The average Bonchev–Trinajstić information content (AvgIpc) is 3.23. The summed E-state index contributed by atoms with van der Waals surface area (Å²) in [6.45, 7) is 4.40. The van der Waals surface area contributed by atoms with E-state index in [4.69, 9.17) is 0 Å². The van der Waals surface area contributed by atoms with Crippen LogP contribution in [0.4, 0.5) is 0 Å². The number of nitrogens with zero attached hydrogens (tertiary/aromatic N) is 5. The molecule has 3 heterocycles. The Bertz CT molecular complexity index is 810. The van der Waals surface area contributed by atoms with Crippen LogP contribution in [0.1, 0.15) is 39.3 Å². The van der Waals surface area contributed by atoms with Crippen molar-refractivity contribution in [1.29, 1.82) is 0 Å². The number of aromatic nitrogens is 5. The lowest BCUT2D eigenvalue weighted by molar-refractivity contribution is 0.0954. The molecule has 0 saturated heterocycles. The zero-order valence-corrected chi connectivity index (χ0v) is 14.4. The Morgan fingerprint density at radius 2 is 2.25 bits per heavy atom. The van der Waals surface area contributed by atoms with Crippen LogP contribution in [0.2, 0.25) is 0 Å². The summed E-state index contributed by atoms with van der Waals surface area (Å²) in [5.74, 6) is 0.595. The first-order valence-corrected chi connectivity index (χ1v) is 8.53. The van der Waals surface area contributed by atoms with Gasteiger partial charge in [0.1, 0.15) is 17.5 Å². The van der Waals surface area contributed by atoms with Crippen LogP contribution < -0.4 is 5.32 Å². The SMILES string of the molecule is CCCc1nc(C)c(C(=O)NCc2ccc(-n3cncn3)nc2)s1. The summed E-state index contributed by atoms with van der Waals surface area (Å²) in [7, 11) is 0. The summed E-state index contributed by atoms with van der Waals surface area (Å²) in [5, 5.41) is 7.96. The predicted molar refractivity (Wildman–Crippen MR) is 91.2 cm³/mol. The van der Waals surface area contributed by atoms with Crippen LogP contribution in [-0.4, -0.2) is 30.6 Å². The normalized spacial score (nSPS) is 10.8. The van der Waals surface area contributed by atoms with Crippen molar-refractivity contribution in [3.05, 3.63) is 52.1 Å². The van der Waals surface area contributed by atoms with Crippen LogP contribution in [-0.2, 0) is 13.0 Å². The van der Waals surface area contributed by atoms with E-state index >= 15 is 0 Å². The summed E-state index contributed by atoms with van der Waals surface area (Å²) >= 11 is 1.47. The van der Waals surface area contributed by atoms with E-state index in [1.165, 1.54) is 17.7 Å².